The molecule has 1 aromatic rings. The summed E-state index contributed by atoms with van der Waals surface area (Å²) in [5, 5.41) is 11.8. The first-order valence-electron chi connectivity index (χ1n) is 6.35. The van der Waals surface area contributed by atoms with Gasteiger partial charge >= 0.3 is 6.03 Å². The van der Waals surface area contributed by atoms with E-state index in [1.54, 1.807) is 4.90 Å². The van der Waals surface area contributed by atoms with Gasteiger partial charge in [0.05, 0.1) is 6.61 Å². The standard InChI is InChI=1S/C14H22N2O2/c1-4-16(9-10-17)14(18)15-13-8-6-5-7-12(13)11(2)3/h5-8,11,17H,4,9-10H2,1-3H3,(H,15,18). The summed E-state index contributed by atoms with van der Waals surface area (Å²) in [7, 11) is 0. The highest BCUT2D eigenvalue weighted by Gasteiger charge is 2.13. The average molecular weight is 250 g/mol. The molecule has 0 aliphatic heterocycles. The number of aliphatic hydroxyl groups excluding tert-OH is 1. The fourth-order valence-corrected chi connectivity index (χ4v) is 1.83. The van der Waals surface area contributed by atoms with Crippen LogP contribution in [0.4, 0.5) is 10.5 Å². The van der Waals surface area contributed by atoms with Crippen molar-refractivity contribution in [2.75, 3.05) is 25.0 Å². The highest BCUT2D eigenvalue weighted by Crippen LogP contribution is 2.23. The SMILES string of the molecule is CCN(CCO)C(=O)Nc1ccccc1C(C)C. The average Bonchev–Trinajstić information content (AvgIpc) is 2.36. The number of anilines is 1. The van der Waals surface area contributed by atoms with Crippen LogP contribution < -0.4 is 5.32 Å². The fraction of sp³-hybridized carbons (Fsp3) is 0.500. The molecule has 2 amide bonds. The van der Waals surface area contributed by atoms with Crippen LogP contribution in [-0.4, -0.2) is 35.7 Å². The number of nitrogens with one attached hydrogen (secondary N) is 1. The highest BCUT2D eigenvalue weighted by molar-refractivity contribution is 5.90. The van der Waals surface area contributed by atoms with Crippen LogP contribution >= 0.6 is 0 Å². The first-order valence-corrected chi connectivity index (χ1v) is 6.35. The Bertz CT molecular complexity index is 391. The lowest BCUT2D eigenvalue weighted by atomic mass is 10.0. The minimum atomic E-state index is -0.167. The molecule has 0 spiro atoms. The predicted molar refractivity (Wildman–Crippen MR) is 73.9 cm³/mol. The zero-order chi connectivity index (χ0) is 13.5. The summed E-state index contributed by atoms with van der Waals surface area (Å²) in [6.07, 6.45) is 0. The monoisotopic (exact) mass is 250 g/mol. The maximum absolute atomic E-state index is 12.0. The molecule has 0 aliphatic carbocycles. The van der Waals surface area contributed by atoms with Crippen LogP contribution in [0.5, 0.6) is 0 Å². The second kappa shape index (κ2) is 7.01. The van der Waals surface area contributed by atoms with Crippen molar-refractivity contribution < 1.29 is 9.90 Å². The molecule has 0 unspecified atom stereocenters. The number of carbonyl (C=O) groups excluding carboxylic acids is 1. The van der Waals surface area contributed by atoms with Gasteiger partial charge in [-0.25, -0.2) is 4.79 Å². The first kappa shape index (κ1) is 14.5. The van der Waals surface area contributed by atoms with Gasteiger partial charge in [-0.1, -0.05) is 32.0 Å². The van der Waals surface area contributed by atoms with E-state index in [4.69, 9.17) is 5.11 Å². The van der Waals surface area contributed by atoms with Crippen LogP contribution in [0.2, 0.25) is 0 Å². The van der Waals surface area contributed by atoms with E-state index in [-0.39, 0.29) is 12.6 Å². The predicted octanol–water partition coefficient (Wildman–Crippen LogP) is 2.66. The number of rotatable bonds is 5. The van der Waals surface area contributed by atoms with Crippen molar-refractivity contribution in [2.24, 2.45) is 0 Å². The van der Waals surface area contributed by atoms with Crippen molar-refractivity contribution in [1.29, 1.82) is 0 Å². The van der Waals surface area contributed by atoms with Crippen LogP contribution in [0, 0.1) is 0 Å². The molecule has 0 aromatic heterocycles. The lowest BCUT2D eigenvalue weighted by Crippen LogP contribution is -2.37. The Morgan fingerprint density at radius 3 is 2.61 bits per heavy atom. The molecule has 0 saturated carbocycles. The van der Waals surface area contributed by atoms with Crippen LogP contribution in [0.25, 0.3) is 0 Å². The fourth-order valence-electron chi connectivity index (χ4n) is 1.83. The second-order valence-corrected chi connectivity index (χ2v) is 4.48. The third-order valence-corrected chi connectivity index (χ3v) is 2.86. The van der Waals surface area contributed by atoms with Crippen LogP contribution in [0.15, 0.2) is 24.3 Å². The van der Waals surface area contributed by atoms with Crippen LogP contribution in [0.3, 0.4) is 0 Å². The van der Waals surface area contributed by atoms with E-state index in [0.29, 0.717) is 19.0 Å². The second-order valence-electron chi connectivity index (χ2n) is 4.48. The van der Waals surface area contributed by atoms with E-state index in [0.717, 1.165) is 11.3 Å². The van der Waals surface area contributed by atoms with E-state index >= 15 is 0 Å². The van der Waals surface area contributed by atoms with E-state index in [1.165, 1.54) is 0 Å². The molecule has 0 heterocycles. The Morgan fingerprint density at radius 1 is 1.39 bits per heavy atom. The zero-order valence-electron chi connectivity index (χ0n) is 11.3. The van der Waals surface area contributed by atoms with Crippen molar-refractivity contribution in [2.45, 2.75) is 26.7 Å². The molecule has 0 aliphatic rings. The topological polar surface area (TPSA) is 52.6 Å². The summed E-state index contributed by atoms with van der Waals surface area (Å²) < 4.78 is 0. The Morgan fingerprint density at radius 2 is 2.06 bits per heavy atom. The van der Waals surface area contributed by atoms with Gasteiger partial charge in [-0.3, -0.25) is 0 Å². The van der Waals surface area contributed by atoms with Crippen molar-refractivity contribution in [3.8, 4) is 0 Å². The smallest absolute Gasteiger partial charge is 0.321 e. The molecule has 18 heavy (non-hydrogen) atoms. The molecule has 4 nitrogen and oxygen atoms in total. The minimum absolute atomic E-state index is 0.0207. The molecule has 0 fully saturated rings. The van der Waals surface area contributed by atoms with Crippen molar-refractivity contribution in [1.82, 2.24) is 4.90 Å². The largest absolute Gasteiger partial charge is 0.395 e. The number of carbonyl (C=O) groups is 1. The summed E-state index contributed by atoms with van der Waals surface area (Å²) >= 11 is 0. The third kappa shape index (κ3) is 3.74. The number of aliphatic hydroxyl groups is 1. The number of benzene rings is 1. The molecule has 1 rings (SSSR count). The van der Waals surface area contributed by atoms with Gasteiger partial charge in [-0.15, -0.1) is 0 Å². The molecule has 2 N–H and O–H groups in total. The lowest BCUT2D eigenvalue weighted by Gasteiger charge is -2.22. The molecule has 4 heteroatoms. The van der Waals surface area contributed by atoms with Crippen molar-refractivity contribution >= 4 is 11.7 Å². The number of para-hydroxylation sites is 1. The Hall–Kier alpha value is -1.55. The number of urea groups is 1. The van der Waals surface area contributed by atoms with Crippen molar-refractivity contribution in [3.63, 3.8) is 0 Å². The quantitative estimate of drug-likeness (QED) is 0.844. The number of hydrogen-bond acceptors (Lipinski definition) is 2. The van der Waals surface area contributed by atoms with Crippen molar-refractivity contribution in [3.05, 3.63) is 29.8 Å². The number of likely N-dealkylation sites (N-methyl/N-ethyl adjacent to an activating group) is 1. The van der Waals surface area contributed by atoms with Gasteiger partial charge in [0.1, 0.15) is 0 Å². The van der Waals surface area contributed by atoms with Gasteiger partial charge in [0.2, 0.25) is 0 Å². The van der Waals surface area contributed by atoms with Gasteiger partial charge in [0, 0.05) is 18.8 Å². The van der Waals surface area contributed by atoms with E-state index < -0.39 is 0 Å². The number of hydrogen-bond donors (Lipinski definition) is 2. The summed E-state index contributed by atoms with van der Waals surface area (Å²) in [5.74, 6) is 0.356. The van der Waals surface area contributed by atoms with Gasteiger partial charge in [-0.2, -0.15) is 0 Å². The lowest BCUT2D eigenvalue weighted by molar-refractivity contribution is 0.192. The Kier molecular flexibility index (Phi) is 5.65. The molecule has 1 aromatic carbocycles. The summed E-state index contributed by atoms with van der Waals surface area (Å²) in [4.78, 5) is 13.6. The van der Waals surface area contributed by atoms with Gasteiger partial charge in [0.15, 0.2) is 0 Å². The maximum Gasteiger partial charge on any atom is 0.321 e. The third-order valence-electron chi connectivity index (χ3n) is 2.86. The first-order chi connectivity index (χ1) is 8.60. The maximum atomic E-state index is 12.0. The minimum Gasteiger partial charge on any atom is -0.395 e. The molecular formula is C14H22N2O2. The summed E-state index contributed by atoms with van der Waals surface area (Å²) in [6, 6.07) is 7.63. The molecule has 0 bridgehead atoms. The molecular weight excluding hydrogens is 228 g/mol. The molecule has 0 saturated heterocycles. The van der Waals surface area contributed by atoms with Crippen LogP contribution in [0.1, 0.15) is 32.3 Å². The molecule has 100 valence electrons. The molecule has 0 radical (unpaired) electrons. The van der Waals surface area contributed by atoms with E-state index in [1.807, 2.05) is 31.2 Å². The Labute approximate surface area is 109 Å². The van der Waals surface area contributed by atoms with Crippen LogP contribution in [-0.2, 0) is 0 Å². The van der Waals surface area contributed by atoms with Gasteiger partial charge < -0.3 is 15.3 Å². The van der Waals surface area contributed by atoms with Gasteiger partial charge in [0.25, 0.3) is 0 Å². The normalized spacial score (nSPS) is 10.5. The Balaban J connectivity index is 2.80. The summed E-state index contributed by atoms with van der Waals surface area (Å²) in [5.41, 5.74) is 1.96. The number of nitrogens with zero attached hydrogens (tertiary/aromatic N) is 1. The van der Waals surface area contributed by atoms with Gasteiger partial charge in [-0.05, 0) is 24.5 Å². The number of amides is 2. The highest BCUT2D eigenvalue weighted by atomic mass is 16.3. The zero-order valence-corrected chi connectivity index (χ0v) is 11.3. The van der Waals surface area contributed by atoms with E-state index in [2.05, 4.69) is 19.2 Å². The van der Waals surface area contributed by atoms with E-state index in [9.17, 15) is 4.79 Å². The summed E-state index contributed by atoms with van der Waals surface area (Å²) in [6.45, 7) is 6.99. The molecule has 0 atom stereocenters.